The number of carbonyl (C=O) groups excluding carboxylic acids is 1. The lowest BCUT2D eigenvalue weighted by atomic mass is 10.0. The van der Waals surface area contributed by atoms with E-state index in [0.29, 0.717) is 0 Å². The van der Waals surface area contributed by atoms with Crippen LogP contribution in [0.2, 0.25) is 0 Å². The molecule has 108 valence electrons. The topological polar surface area (TPSA) is 57.2 Å². The molecule has 0 aliphatic carbocycles. The lowest BCUT2D eigenvalue weighted by Crippen LogP contribution is -2.16. The lowest BCUT2D eigenvalue weighted by Gasteiger charge is -2.15. The number of ketones is 1. The standard InChI is InChI=1S/C17H19N3O/c1-11-15(12(2)21)17(14-8-4-6-10-19-14)20-16(11)13-7-3-5-9-18-13/h3,5,7-10,13,18,20H,4,6H2,1-2H3/t13-/m1/s1. The van der Waals surface area contributed by atoms with E-state index in [2.05, 4.69) is 27.4 Å². The zero-order valence-corrected chi connectivity index (χ0v) is 12.3. The molecule has 2 aliphatic heterocycles. The number of allylic oxidation sites excluding steroid dienone is 3. The second-order valence-corrected chi connectivity index (χ2v) is 5.34. The zero-order valence-electron chi connectivity index (χ0n) is 12.3. The van der Waals surface area contributed by atoms with E-state index in [-0.39, 0.29) is 11.8 Å². The highest BCUT2D eigenvalue weighted by Crippen LogP contribution is 2.31. The van der Waals surface area contributed by atoms with Crippen molar-refractivity contribution >= 4 is 17.7 Å². The van der Waals surface area contributed by atoms with E-state index in [1.54, 1.807) is 6.92 Å². The summed E-state index contributed by atoms with van der Waals surface area (Å²) in [6.45, 7) is 3.60. The van der Waals surface area contributed by atoms with Crippen LogP contribution in [0.4, 0.5) is 0 Å². The van der Waals surface area contributed by atoms with Crippen molar-refractivity contribution in [3.63, 3.8) is 0 Å². The molecule has 0 spiro atoms. The molecule has 0 unspecified atom stereocenters. The van der Waals surface area contributed by atoms with Crippen LogP contribution >= 0.6 is 0 Å². The Morgan fingerprint density at radius 3 is 2.81 bits per heavy atom. The van der Waals surface area contributed by atoms with Gasteiger partial charge < -0.3 is 10.3 Å². The Morgan fingerprint density at radius 1 is 1.33 bits per heavy atom. The van der Waals surface area contributed by atoms with Crippen molar-refractivity contribution in [2.75, 3.05) is 0 Å². The summed E-state index contributed by atoms with van der Waals surface area (Å²) < 4.78 is 0. The number of carbonyl (C=O) groups is 1. The third-order valence-electron chi connectivity index (χ3n) is 3.86. The molecule has 4 heteroatoms. The maximum atomic E-state index is 12.1. The third kappa shape index (κ3) is 2.49. The van der Waals surface area contributed by atoms with Crippen molar-refractivity contribution in [1.29, 1.82) is 0 Å². The van der Waals surface area contributed by atoms with Crippen LogP contribution in [0, 0.1) is 6.92 Å². The minimum Gasteiger partial charge on any atom is -0.379 e. The number of dihydropyridines is 1. The maximum absolute atomic E-state index is 12.1. The SMILES string of the molecule is CC(=O)c1c(C2=CCCC=N2)[nH]c([C@H]2C=CC=CN2)c1C. The molecule has 0 bridgehead atoms. The first-order chi connectivity index (χ1) is 10.2. The van der Waals surface area contributed by atoms with Crippen LogP contribution in [0.15, 0.2) is 35.5 Å². The molecule has 3 heterocycles. The number of nitrogens with one attached hydrogen (secondary N) is 2. The first-order valence-electron chi connectivity index (χ1n) is 7.24. The zero-order chi connectivity index (χ0) is 14.8. The Bertz CT molecular complexity index is 689. The fourth-order valence-electron chi connectivity index (χ4n) is 2.86. The maximum Gasteiger partial charge on any atom is 0.162 e. The monoisotopic (exact) mass is 281 g/mol. The Labute approximate surface area is 124 Å². The van der Waals surface area contributed by atoms with Gasteiger partial charge in [0.1, 0.15) is 0 Å². The molecular formula is C17H19N3O. The van der Waals surface area contributed by atoms with Crippen molar-refractivity contribution in [3.8, 4) is 0 Å². The highest BCUT2D eigenvalue weighted by atomic mass is 16.1. The van der Waals surface area contributed by atoms with Gasteiger partial charge in [-0.25, -0.2) is 0 Å². The molecule has 0 aromatic carbocycles. The van der Waals surface area contributed by atoms with Crippen LogP contribution in [-0.4, -0.2) is 17.0 Å². The quantitative estimate of drug-likeness (QED) is 0.834. The number of Topliss-reactive ketones (excluding diaryl/α,β-unsaturated/α-hetero) is 1. The van der Waals surface area contributed by atoms with Gasteiger partial charge in [0.25, 0.3) is 0 Å². The fourth-order valence-corrected chi connectivity index (χ4v) is 2.86. The van der Waals surface area contributed by atoms with Crippen LogP contribution in [0.5, 0.6) is 0 Å². The number of rotatable bonds is 3. The number of hydrogen-bond donors (Lipinski definition) is 2. The summed E-state index contributed by atoms with van der Waals surface area (Å²) in [6, 6.07) is 0.0648. The molecule has 21 heavy (non-hydrogen) atoms. The summed E-state index contributed by atoms with van der Waals surface area (Å²) in [4.78, 5) is 19.9. The molecule has 1 atom stereocenters. The summed E-state index contributed by atoms with van der Waals surface area (Å²) in [5.74, 6) is 0.0713. The van der Waals surface area contributed by atoms with E-state index >= 15 is 0 Å². The predicted octanol–water partition coefficient (Wildman–Crippen LogP) is 3.45. The molecule has 0 amide bonds. The highest BCUT2D eigenvalue weighted by Gasteiger charge is 2.23. The fraction of sp³-hybridized carbons (Fsp3) is 0.294. The summed E-state index contributed by atoms with van der Waals surface area (Å²) in [6.07, 6.45) is 13.9. The summed E-state index contributed by atoms with van der Waals surface area (Å²) >= 11 is 0. The Kier molecular flexibility index (Phi) is 3.60. The van der Waals surface area contributed by atoms with E-state index < -0.39 is 0 Å². The van der Waals surface area contributed by atoms with Gasteiger partial charge in [-0.1, -0.05) is 18.2 Å². The Balaban J connectivity index is 2.09. The minimum atomic E-state index is 0.0648. The minimum absolute atomic E-state index is 0.0648. The largest absolute Gasteiger partial charge is 0.379 e. The van der Waals surface area contributed by atoms with Gasteiger partial charge >= 0.3 is 0 Å². The third-order valence-corrected chi connectivity index (χ3v) is 3.86. The second kappa shape index (κ2) is 5.56. The van der Waals surface area contributed by atoms with Gasteiger partial charge in [-0.15, -0.1) is 0 Å². The number of aromatic amines is 1. The van der Waals surface area contributed by atoms with Crippen LogP contribution in [0.25, 0.3) is 5.70 Å². The summed E-state index contributed by atoms with van der Waals surface area (Å²) in [5, 5.41) is 3.29. The molecular weight excluding hydrogens is 262 g/mol. The number of nitrogens with zero attached hydrogens (tertiary/aromatic N) is 1. The number of H-pyrrole nitrogens is 1. The van der Waals surface area contributed by atoms with Gasteiger partial charge in [0.2, 0.25) is 0 Å². The van der Waals surface area contributed by atoms with Gasteiger partial charge in [-0.2, -0.15) is 0 Å². The van der Waals surface area contributed by atoms with Crippen LogP contribution in [0.1, 0.15) is 53.1 Å². The average Bonchev–Trinajstić information content (AvgIpc) is 2.87. The van der Waals surface area contributed by atoms with Crippen molar-refractivity contribution < 1.29 is 4.79 Å². The van der Waals surface area contributed by atoms with Crippen LogP contribution in [0.3, 0.4) is 0 Å². The summed E-state index contributed by atoms with van der Waals surface area (Å²) in [7, 11) is 0. The van der Waals surface area contributed by atoms with E-state index in [9.17, 15) is 4.79 Å². The first kappa shape index (κ1) is 13.6. The predicted molar refractivity (Wildman–Crippen MR) is 85.4 cm³/mol. The highest BCUT2D eigenvalue weighted by molar-refractivity contribution is 6.01. The van der Waals surface area contributed by atoms with Gasteiger partial charge in [0, 0.05) is 17.5 Å². The molecule has 1 aromatic rings. The first-order valence-corrected chi connectivity index (χ1v) is 7.24. The lowest BCUT2D eigenvalue weighted by molar-refractivity contribution is 0.101. The van der Waals surface area contributed by atoms with Crippen molar-refractivity contribution in [2.45, 2.75) is 32.7 Å². The van der Waals surface area contributed by atoms with Gasteiger partial charge in [-0.3, -0.25) is 9.79 Å². The van der Waals surface area contributed by atoms with Crippen molar-refractivity contribution in [3.05, 3.63) is 53.0 Å². The molecule has 4 nitrogen and oxygen atoms in total. The van der Waals surface area contributed by atoms with Crippen LogP contribution < -0.4 is 5.32 Å². The molecule has 0 radical (unpaired) electrons. The Hall–Kier alpha value is -2.36. The molecule has 2 N–H and O–H groups in total. The molecule has 0 saturated carbocycles. The average molecular weight is 281 g/mol. The van der Waals surface area contributed by atoms with E-state index in [0.717, 1.165) is 41.1 Å². The van der Waals surface area contributed by atoms with Gasteiger partial charge in [0.05, 0.1) is 17.4 Å². The Morgan fingerprint density at radius 2 is 2.19 bits per heavy atom. The van der Waals surface area contributed by atoms with E-state index in [1.807, 2.05) is 31.5 Å². The normalized spacial score (nSPS) is 20.3. The van der Waals surface area contributed by atoms with E-state index in [4.69, 9.17) is 0 Å². The summed E-state index contributed by atoms with van der Waals surface area (Å²) in [5.41, 5.74) is 4.49. The number of hydrogen-bond acceptors (Lipinski definition) is 3. The smallest absolute Gasteiger partial charge is 0.162 e. The molecule has 0 fully saturated rings. The van der Waals surface area contributed by atoms with Gasteiger partial charge in [0.15, 0.2) is 5.78 Å². The van der Waals surface area contributed by atoms with Gasteiger partial charge in [-0.05, 0) is 44.5 Å². The van der Waals surface area contributed by atoms with Crippen molar-refractivity contribution in [1.82, 2.24) is 10.3 Å². The van der Waals surface area contributed by atoms with Crippen LogP contribution in [-0.2, 0) is 0 Å². The second-order valence-electron chi connectivity index (χ2n) is 5.34. The van der Waals surface area contributed by atoms with E-state index in [1.165, 1.54) is 0 Å². The molecule has 0 saturated heterocycles. The number of aliphatic imine (C=N–C) groups is 1. The molecule has 2 aliphatic rings. The molecule has 3 rings (SSSR count). The number of aromatic nitrogens is 1. The molecule has 1 aromatic heterocycles. The van der Waals surface area contributed by atoms with Crippen molar-refractivity contribution in [2.24, 2.45) is 4.99 Å².